The summed E-state index contributed by atoms with van der Waals surface area (Å²) >= 11 is 0. The summed E-state index contributed by atoms with van der Waals surface area (Å²) in [6, 6.07) is 6.36. The molecule has 1 aliphatic rings. The number of carbonyl (C=O) groups is 3. The molecule has 3 rings (SSSR count). The molecular weight excluding hydrogens is 350 g/mol. The number of amides is 2. The van der Waals surface area contributed by atoms with Crippen LogP contribution in [0.15, 0.2) is 24.3 Å². The molecule has 9 heteroatoms. The average molecular weight is 373 g/mol. The van der Waals surface area contributed by atoms with Crippen molar-refractivity contribution in [1.82, 2.24) is 21.2 Å². The second-order valence-electron chi connectivity index (χ2n) is 6.73. The van der Waals surface area contributed by atoms with E-state index in [-0.39, 0.29) is 24.8 Å². The molecule has 0 bridgehead atoms. The van der Waals surface area contributed by atoms with Crippen LogP contribution in [-0.4, -0.2) is 40.0 Å². The lowest BCUT2D eigenvalue weighted by molar-refractivity contribution is -0.137. The number of nitrogens with one attached hydrogen (secondary N) is 4. The maximum atomic E-state index is 12.5. The van der Waals surface area contributed by atoms with Gasteiger partial charge < -0.3 is 15.8 Å². The van der Waals surface area contributed by atoms with Gasteiger partial charge in [0, 0.05) is 29.1 Å². The number of carboxylic acids is 1. The molecule has 2 amide bonds. The van der Waals surface area contributed by atoms with Crippen LogP contribution in [0.1, 0.15) is 37.1 Å². The second-order valence-corrected chi connectivity index (χ2v) is 6.73. The molecule has 0 spiro atoms. The quantitative estimate of drug-likeness (QED) is 0.409. The minimum atomic E-state index is -1.03. The molecule has 7 N–H and O–H groups in total. The number of fused-ring (bicyclic) bond motifs is 3. The van der Waals surface area contributed by atoms with Crippen molar-refractivity contribution >= 4 is 28.7 Å². The zero-order valence-corrected chi connectivity index (χ0v) is 14.9. The van der Waals surface area contributed by atoms with Crippen LogP contribution in [0.3, 0.4) is 0 Å². The van der Waals surface area contributed by atoms with Crippen molar-refractivity contribution < 1.29 is 19.5 Å². The Labute approximate surface area is 155 Å². The lowest BCUT2D eigenvalue weighted by atomic mass is 9.94. The minimum absolute atomic E-state index is 0.00551. The molecule has 1 aromatic carbocycles. The Bertz CT molecular complexity index is 878. The summed E-state index contributed by atoms with van der Waals surface area (Å²) in [4.78, 5) is 38.3. The number of hydrogen-bond donors (Lipinski definition) is 6. The Balaban J connectivity index is 1.61. The SMILES string of the molecule is C[C@@H]1N[C@H](C(=O)NNC(=O)[C@@H](N)CCC(=O)O)Cc2c1[nH]c1ccccc21. The van der Waals surface area contributed by atoms with Crippen LogP contribution in [0.4, 0.5) is 0 Å². The molecule has 0 radical (unpaired) electrons. The fourth-order valence-corrected chi connectivity index (χ4v) is 3.34. The predicted octanol–water partition coefficient (Wildman–Crippen LogP) is 0.0827. The Morgan fingerprint density at radius 1 is 1.30 bits per heavy atom. The Morgan fingerprint density at radius 3 is 2.78 bits per heavy atom. The third kappa shape index (κ3) is 4.09. The van der Waals surface area contributed by atoms with Crippen molar-refractivity contribution in [3.8, 4) is 0 Å². The highest BCUT2D eigenvalue weighted by molar-refractivity contribution is 5.90. The van der Waals surface area contributed by atoms with E-state index in [0.717, 1.165) is 22.2 Å². The van der Waals surface area contributed by atoms with Crippen LogP contribution in [0.2, 0.25) is 0 Å². The van der Waals surface area contributed by atoms with Gasteiger partial charge >= 0.3 is 5.97 Å². The maximum Gasteiger partial charge on any atom is 0.303 e. The molecule has 0 saturated heterocycles. The van der Waals surface area contributed by atoms with Gasteiger partial charge in [0.1, 0.15) is 0 Å². The number of rotatable bonds is 5. The predicted molar refractivity (Wildman–Crippen MR) is 98.5 cm³/mol. The Hall–Kier alpha value is -2.91. The zero-order chi connectivity index (χ0) is 19.6. The van der Waals surface area contributed by atoms with Crippen LogP contribution < -0.4 is 21.9 Å². The molecule has 3 atom stereocenters. The Morgan fingerprint density at radius 2 is 2.04 bits per heavy atom. The van der Waals surface area contributed by atoms with E-state index in [4.69, 9.17) is 10.8 Å². The fourth-order valence-electron chi connectivity index (χ4n) is 3.34. The van der Waals surface area contributed by atoms with Gasteiger partial charge in [-0.15, -0.1) is 0 Å². The van der Waals surface area contributed by atoms with Gasteiger partial charge in [0.25, 0.3) is 11.8 Å². The summed E-state index contributed by atoms with van der Waals surface area (Å²) in [6.07, 6.45) is 0.262. The van der Waals surface area contributed by atoms with Gasteiger partial charge in [0.2, 0.25) is 0 Å². The lowest BCUT2D eigenvalue weighted by Gasteiger charge is -2.28. The minimum Gasteiger partial charge on any atom is -0.481 e. The van der Waals surface area contributed by atoms with Crippen LogP contribution >= 0.6 is 0 Å². The molecule has 9 nitrogen and oxygen atoms in total. The topological polar surface area (TPSA) is 149 Å². The summed E-state index contributed by atoms with van der Waals surface area (Å²) in [7, 11) is 0. The summed E-state index contributed by atoms with van der Waals surface area (Å²) in [5.74, 6) is -2.03. The summed E-state index contributed by atoms with van der Waals surface area (Å²) in [5.41, 5.74) is 13.4. The van der Waals surface area contributed by atoms with Gasteiger partial charge in [0.05, 0.1) is 12.1 Å². The third-order valence-electron chi connectivity index (χ3n) is 4.77. The standard InChI is InChI=1S/C18H23N5O4/c1-9-16-11(10-4-2-3-5-13(10)21-16)8-14(20-9)18(27)23-22-17(26)12(19)6-7-15(24)25/h2-5,9,12,14,20-21H,6-8,19H2,1H3,(H,22,26)(H,23,27)(H,24,25)/t9-,12-,14-/m0/s1. The molecule has 2 aromatic rings. The van der Waals surface area contributed by atoms with Gasteiger partial charge in [-0.1, -0.05) is 18.2 Å². The highest BCUT2D eigenvalue weighted by atomic mass is 16.4. The number of H-pyrrole nitrogens is 1. The van der Waals surface area contributed by atoms with E-state index in [9.17, 15) is 14.4 Å². The average Bonchev–Trinajstić information content (AvgIpc) is 3.03. The first-order chi connectivity index (χ1) is 12.9. The summed E-state index contributed by atoms with van der Waals surface area (Å²) in [6.45, 7) is 1.97. The van der Waals surface area contributed by atoms with E-state index >= 15 is 0 Å². The number of aromatic amines is 1. The van der Waals surface area contributed by atoms with E-state index in [1.54, 1.807) is 0 Å². The summed E-state index contributed by atoms with van der Waals surface area (Å²) < 4.78 is 0. The van der Waals surface area contributed by atoms with E-state index < -0.39 is 24.0 Å². The number of aliphatic carboxylic acids is 1. The number of carbonyl (C=O) groups excluding carboxylic acids is 2. The van der Waals surface area contributed by atoms with Crippen LogP contribution in [0, 0.1) is 0 Å². The monoisotopic (exact) mass is 373 g/mol. The van der Waals surface area contributed by atoms with E-state index in [0.29, 0.717) is 6.42 Å². The van der Waals surface area contributed by atoms with Crippen molar-refractivity contribution in [3.63, 3.8) is 0 Å². The number of para-hydroxylation sites is 1. The number of aromatic nitrogens is 1. The maximum absolute atomic E-state index is 12.5. The first-order valence-electron chi connectivity index (χ1n) is 8.79. The highest BCUT2D eigenvalue weighted by Gasteiger charge is 2.31. The molecule has 144 valence electrons. The molecule has 0 fully saturated rings. The van der Waals surface area contributed by atoms with Crippen LogP contribution in [-0.2, 0) is 20.8 Å². The first kappa shape index (κ1) is 18.9. The van der Waals surface area contributed by atoms with Gasteiger partial charge in [0.15, 0.2) is 0 Å². The van der Waals surface area contributed by atoms with E-state index in [1.165, 1.54) is 0 Å². The third-order valence-corrected chi connectivity index (χ3v) is 4.77. The van der Waals surface area contributed by atoms with Gasteiger partial charge in [-0.05, 0) is 31.4 Å². The number of hydrogen-bond acceptors (Lipinski definition) is 5. The number of nitrogens with two attached hydrogens (primary N) is 1. The zero-order valence-electron chi connectivity index (χ0n) is 14.9. The fraction of sp³-hybridized carbons (Fsp3) is 0.389. The number of carboxylic acid groups (broad SMARTS) is 1. The largest absolute Gasteiger partial charge is 0.481 e. The lowest BCUT2D eigenvalue weighted by Crippen LogP contribution is -2.56. The molecule has 27 heavy (non-hydrogen) atoms. The van der Waals surface area contributed by atoms with Crippen LogP contribution in [0.5, 0.6) is 0 Å². The van der Waals surface area contributed by atoms with E-state index in [1.807, 2.05) is 31.2 Å². The number of benzene rings is 1. The van der Waals surface area contributed by atoms with Gasteiger partial charge in [-0.2, -0.15) is 0 Å². The van der Waals surface area contributed by atoms with Gasteiger partial charge in [-0.25, -0.2) is 0 Å². The van der Waals surface area contributed by atoms with Crippen molar-refractivity contribution in [2.45, 2.75) is 44.3 Å². The van der Waals surface area contributed by atoms with Crippen molar-refractivity contribution in [3.05, 3.63) is 35.5 Å². The van der Waals surface area contributed by atoms with E-state index in [2.05, 4.69) is 21.2 Å². The molecule has 0 unspecified atom stereocenters. The second kappa shape index (κ2) is 7.77. The smallest absolute Gasteiger partial charge is 0.303 e. The molecule has 1 aromatic heterocycles. The first-order valence-corrected chi connectivity index (χ1v) is 8.79. The van der Waals surface area contributed by atoms with Crippen LogP contribution in [0.25, 0.3) is 10.9 Å². The molecular formula is C18H23N5O4. The molecule has 0 saturated carbocycles. The normalized spacial score (nSPS) is 19.9. The molecule has 0 aliphatic carbocycles. The van der Waals surface area contributed by atoms with Crippen molar-refractivity contribution in [2.24, 2.45) is 5.73 Å². The molecule has 1 aliphatic heterocycles. The number of hydrazine groups is 1. The van der Waals surface area contributed by atoms with Gasteiger partial charge in [-0.3, -0.25) is 30.6 Å². The molecule has 2 heterocycles. The highest BCUT2D eigenvalue weighted by Crippen LogP contribution is 2.31. The van der Waals surface area contributed by atoms with Crippen molar-refractivity contribution in [1.29, 1.82) is 0 Å². The van der Waals surface area contributed by atoms with Crippen molar-refractivity contribution in [2.75, 3.05) is 0 Å². The Kier molecular flexibility index (Phi) is 5.43. The summed E-state index contributed by atoms with van der Waals surface area (Å²) in [5, 5.41) is 12.9.